The SMILES string of the molecule is C=CCC(COCc1ccccc1)C(=O)OC.CC. The van der Waals surface area contributed by atoms with Crippen molar-refractivity contribution in [1.82, 2.24) is 0 Å². The molecule has 0 spiro atoms. The molecule has 0 radical (unpaired) electrons. The number of hydrogen-bond donors (Lipinski definition) is 0. The summed E-state index contributed by atoms with van der Waals surface area (Å²) in [6, 6.07) is 9.85. The normalized spacial score (nSPS) is 10.9. The second-order valence-corrected chi connectivity index (χ2v) is 3.75. The van der Waals surface area contributed by atoms with Gasteiger partial charge in [-0.3, -0.25) is 4.79 Å². The molecule has 1 aromatic carbocycles. The van der Waals surface area contributed by atoms with E-state index in [1.807, 2.05) is 44.2 Å². The molecule has 0 saturated heterocycles. The van der Waals surface area contributed by atoms with Gasteiger partial charge in [0, 0.05) is 0 Å². The predicted molar refractivity (Wildman–Crippen MR) is 77.8 cm³/mol. The van der Waals surface area contributed by atoms with E-state index >= 15 is 0 Å². The Kier molecular flexibility index (Phi) is 10.5. The van der Waals surface area contributed by atoms with Crippen LogP contribution in [0.4, 0.5) is 0 Å². The number of rotatable bonds is 7. The van der Waals surface area contributed by atoms with Crippen LogP contribution in [0.2, 0.25) is 0 Å². The highest BCUT2D eigenvalue weighted by Crippen LogP contribution is 2.09. The van der Waals surface area contributed by atoms with Crippen molar-refractivity contribution in [2.75, 3.05) is 13.7 Å². The largest absolute Gasteiger partial charge is 0.469 e. The smallest absolute Gasteiger partial charge is 0.311 e. The topological polar surface area (TPSA) is 35.5 Å². The number of benzene rings is 1. The summed E-state index contributed by atoms with van der Waals surface area (Å²) in [5, 5.41) is 0. The Labute approximate surface area is 116 Å². The molecule has 0 aliphatic carbocycles. The number of methoxy groups -OCH3 is 1. The number of esters is 1. The molecule has 0 N–H and O–H groups in total. The first-order valence-electron chi connectivity index (χ1n) is 6.58. The molecule has 3 nitrogen and oxygen atoms in total. The van der Waals surface area contributed by atoms with Gasteiger partial charge >= 0.3 is 5.97 Å². The van der Waals surface area contributed by atoms with Gasteiger partial charge in [0.1, 0.15) is 0 Å². The van der Waals surface area contributed by atoms with Crippen molar-refractivity contribution in [2.45, 2.75) is 26.9 Å². The maximum absolute atomic E-state index is 11.4. The molecule has 0 aliphatic rings. The Morgan fingerprint density at radius 3 is 2.47 bits per heavy atom. The van der Waals surface area contributed by atoms with Crippen LogP contribution in [0.3, 0.4) is 0 Å². The molecule has 0 fully saturated rings. The van der Waals surface area contributed by atoms with Crippen molar-refractivity contribution in [1.29, 1.82) is 0 Å². The summed E-state index contributed by atoms with van der Waals surface area (Å²) in [5.74, 6) is -0.515. The first kappa shape index (κ1) is 17.4. The molecule has 0 bridgehead atoms. The average Bonchev–Trinajstić information content (AvgIpc) is 2.49. The van der Waals surface area contributed by atoms with E-state index in [1.54, 1.807) is 6.08 Å². The molecule has 0 saturated carbocycles. The Hall–Kier alpha value is -1.61. The van der Waals surface area contributed by atoms with Crippen molar-refractivity contribution >= 4 is 5.97 Å². The van der Waals surface area contributed by atoms with Crippen LogP contribution in [0.15, 0.2) is 43.0 Å². The van der Waals surface area contributed by atoms with Gasteiger partial charge in [-0.05, 0) is 12.0 Å². The standard InChI is InChI=1S/C14H18O3.C2H6/c1-3-7-13(14(15)16-2)11-17-10-12-8-5-4-6-9-12;1-2/h3-6,8-9,13H,1,7,10-11H2,2H3;1-2H3. The molecular weight excluding hydrogens is 240 g/mol. The van der Waals surface area contributed by atoms with Crippen molar-refractivity contribution < 1.29 is 14.3 Å². The molecule has 0 aromatic heterocycles. The third kappa shape index (κ3) is 7.42. The second kappa shape index (κ2) is 11.5. The van der Waals surface area contributed by atoms with Gasteiger partial charge in [0.15, 0.2) is 0 Å². The van der Waals surface area contributed by atoms with Crippen molar-refractivity contribution in [3.8, 4) is 0 Å². The van der Waals surface area contributed by atoms with Crippen LogP contribution >= 0.6 is 0 Å². The summed E-state index contributed by atoms with van der Waals surface area (Å²) in [4.78, 5) is 11.4. The molecule has 1 unspecified atom stereocenters. The van der Waals surface area contributed by atoms with E-state index in [0.717, 1.165) is 5.56 Å². The summed E-state index contributed by atoms with van der Waals surface area (Å²) in [6.07, 6.45) is 2.27. The first-order chi connectivity index (χ1) is 9.27. The molecule has 106 valence electrons. The van der Waals surface area contributed by atoms with Crippen LogP contribution in [0, 0.1) is 5.92 Å². The average molecular weight is 264 g/mol. The zero-order valence-electron chi connectivity index (χ0n) is 12.1. The van der Waals surface area contributed by atoms with Gasteiger partial charge in [-0.2, -0.15) is 0 Å². The fraction of sp³-hybridized carbons (Fsp3) is 0.438. The molecule has 0 aliphatic heterocycles. The van der Waals surface area contributed by atoms with Gasteiger partial charge in [0.25, 0.3) is 0 Å². The minimum Gasteiger partial charge on any atom is -0.469 e. The Bertz CT molecular complexity index is 346. The van der Waals surface area contributed by atoms with E-state index in [1.165, 1.54) is 7.11 Å². The molecule has 0 amide bonds. The summed E-state index contributed by atoms with van der Waals surface area (Å²) >= 11 is 0. The van der Waals surface area contributed by atoms with Crippen LogP contribution in [-0.4, -0.2) is 19.7 Å². The molecule has 0 heterocycles. The van der Waals surface area contributed by atoms with E-state index in [4.69, 9.17) is 9.47 Å². The van der Waals surface area contributed by atoms with Crippen LogP contribution in [0.25, 0.3) is 0 Å². The summed E-state index contributed by atoms with van der Waals surface area (Å²) in [7, 11) is 1.38. The Morgan fingerprint density at radius 2 is 1.95 bits per heavy atom. The highest BCUT2D eigenvalue weighted by Gasteiger charge is 2.17. The zero-order valence-corrected chi connectivity index (χ0v) is 12.1. The van der Waals surface area contributed by atoms with E-state index in [9.17, 15) is 4.79 Å². The lowest BCUT2D eigenvalue weighted by molar-refractivity contribution is -0.147. The Morgan fingerprint density at radius 1 is 1.32 bits per heavy atom. The maximum Gasteiger partial charge on any atom is 0.311 e. The lowest BCUT2D eigenvalue weighted by Gasteiger charge is -2.12. The third-order valence-electron chi connectivity index (χ3n) is 2.42. The maximum atomic E-state index is 11.4. The van der Waals surface area contributed by atoms with E-state index < -0.39 is 0 Å². The van der Waals surface area contributed by atoms with Gasteiger partial charge in [-0.15, -0.1) is 6.58 Å². The molecule has 3 heteroatoms. The number of hydrogen-bond acceptors (Lipinski definition) is 3. The number of ether oxygens (including phenoxy) is 2. The molecule has 1 aromatic rings. The molecular formula is C16H24O3. The summed E-state index contributed by atoms with van der Waals surface area (Å²) in [5.41, 5.74) is 1.09. The quantitative estimate of drug-likeness (QED) is 0.557. The first-order valence-corrected chi connectivity index (χ1v) is 6.58. The molecule has 1 rings (SSSR count). The fourth-order valence-electron chi connectivity index (χ4n) is 1.49. The van der Waals surface area contributed by atoms with Gasteiger partial charge in [0.05, 0.1) is 26.2 Å². The minimum atomic E-state index is -0.263. The zero-order chi connectivity index (χ0) is 14.5. The van der Waals surface area contributed by atoms with Crippen LogP contribution in [0.1, 0.15) is 25.8 Å². The highest BCUT2D eigenvalue weighted by molar-refractivity contribution is 5.72. The van der Waals surface area contributed by atoms with Gasteiger partial charge in [-0.1, -0.05) is 50.3 Å². The van der Waals surface area contributed by atoms with Gasteiger partial charge in [-0.25, -0.2) is 0 Å². The second-order valence-electron chi connectivity index (χ2n) is 3.75. The van der Waals surface area contributed by atoms with E-state index in [-0.39, 0.29) is 11.9 Å². The predicted octanol–water partition coefficient (Wildman–Crippen LogP) is 3.59. The number of carbonyl (C=O) groups is 1. The molecule has 1 atom stereocenters. The summed E-state index contributed by atoms with van der Waals surface area (Å²) in [6.45, 7) is 8.48. The Balaban J connectivity index is 0.00000154. The van der Waals surface area contributed by atoms with Crippen LogP contribution in [-0.2, 0) is 20.9 Å². The van der Waals surface area contributed by atoms with Crippen LogP contribution in [0.5, 0.6) is 0 Å². The van der Waals surface area contributed by atoms with Crippen molar-refractivity contribution in [2.24, 2.45) is 5.92 Å². The fourth-order valence-corrected chi connectivity index (χ4v) is 1.49. The third-order valence-corrected chi connectivity index (χ3v) is 2.42. The highest BCUT2D eigenvalue weighted by atomic mass is 16.5. The van der Waals surface area contributed by atoms with E-state index in [0.29, 0.717) is 19.6 Å². The van der Waals surface area contributed by atoms with Gasteiger partial charge in [0.2, 0.25) is 0 Å². The van der Waals surface area contributed by atoms with E-state index in [2.05, 4.69) is 6.58 Å². The number of allylic oxidation sites excluding steroid dienone is 1. The monoisotopic (exact) mass is 264 g/mol. The van der Waals surface area contributed by atoms with Crippen molar-refractivity contribution in [3.63, 3.8) is 0 Å². The lowest BCUT2D eigenvalue weighted by Crippen LogP contribution is -2.21. The van der Waals surface area contributed by atoms with Crippen molar-refractivity contribution in [3.05, 3.63) is 48.6 Å². The summed E-state index contributed by atoms with van der Waals surface area (Å²) < 4.78 is 10.2. The van der Waals surface area contributed by atoms with Crippen LogP contribution < -0.4 is 0 Å². The minimum absolute atomic E-state index is 0.252. The number of carbonyl (C=O) groups excluding carboxylic acids is 1. The van der Waals surface area contributed by atoms with Gasteiger partial charge < -0.3 is 9.47 Å². The molecule has 19 heavy (non-hydrogen) atoms. The lowest BCUT2D eigenvalue weighted by atomic mass is 10.1.